The van der Waals surface area contributed by atoms with Crippen molar-refractivity contribution in [3.8, 4) is 23.6 Å². The minimum Gasteiger partial charge on any atom is -0.450 e. The summed E-state index contributed by atoms with van der Waals surface area (Å²) in [5, 5.41) is 8.12. The van der Waals surface area contributed by atoms with E-state index in [1.807, 2.05) is 0 Å². The molecule has 2 atom stereocenters. The number of alkyl halides is 2. The zero-order valence-electron chi connectivity index (χ0n) is 16.8. The second kappa shape index (κ2) is 9.77. The number of hydrogen-bond donors (Lipinski definition) is 0. The smallest absolute Gasteiger partial charge is 0.409 e. The Balaban J connectivity index is 1.96. The largest absolute Gasteiger partial charge is 0.450 e. The highest BCUT2D eigenvalue weighted by atomic mass is 19.3. The van der Waals surface area contributed by atoms with Crippen LogP contribution in [-0.4, -0.2) is 47.3 Å². The third-order valence-corrected chi connectivity index (χ3v) is 5.11. The van der Waals surface area contributed by atoms with Gasteiger partial charge < -0.3 is 9.64 Å². The van der Waals surface area contributed by atoms with Gasteiger partial charge in [-0.25, -0.2) is 22.4 Å². The Morgan fingerprint density at radius 3 is 2.65 bits per heavy atom. The van der Waals surface area contributed by atoms with Crippen LogP contribution >= 0.6 is 0 Å². The molecule has 1 aliphatic rings. The molecule has 2 aromatic rings. The van der Waals surface area contributed by atoms with Crippen LogP contribution in [0, 0.1) is 29.9 Å². The van der Waals surface area contributed by atoms with Gasteiger partial charge in [0.05, 0.1) is 30.1 Å². The van der Waals surface area contributed by atoms with E-state index in [1.165, 1.54) is 12.1 Å². The van der Waals surface area contributed by atoms with E-state index in [9.17, 15) is 22.4 Å². The number of amides is 1. The second-order valence-corrected chi connectivity index (χ2v) is 7.23. The Labute approximate surface area is 177 Å². The van der Waals surface area contributed by atoms with Crippen molar-refractivity contribution in [3.63, 3.8) is 0 Å². The topological polar surface area (TPSA) is 55.3 Å². The number of carbonyl (C=O) groups excluding carboxylic acids is 1. The predicted octanol–water partition coefficient (Wildman–Crippen LogP) is 4.42. The number of benzene rings is 1. The molecule has 2 unspecified atom stereocenters. The lowest BCUT2D eigenvalue weighted by Crippen LogP contribution is -2.40. The fourth-order valence-electron chi connectivity index (χ4n) is 3.77. The Kier molecular flexibility index (Phi) is 7.10. The van der Waals surface area contributed by atoms with E-state index in [0.29, 0.717) is 24.1 Å². The molecule has 164 valence electrons. The highest BCUT2D eigenvalue weighted by Gasteiger charge is 2.32. The number of halogens is 4. The van der Waals surface area contributed by atoms with Gasteiger partial charge >= 0.3 is 6.09 Å². The summed E-state index contributed by atoms with van der Waals surface area (Å²) < 4.78 is 59.3. The zero-order valence-corrected chi connectivity index (χ0v) is 16.8. The Morgan fingerprint density at radius 2 is 2.03 bits per heavy atom. The lowest BCUT2D eigenvalue weighted by molar-refractivity contribution is 0.0595. The number of hydrogen-bond acceptors (Lipinski definition) is 4. The van der Waals surface area contributed by atoms with E-state index in [-0.39, 0.29) is 30.3 Å². The standard InChI is InChI=1S/C22H21F4N3O2/c1-3-13-8-14-10-18(20-16(23)6-5-7-17(20)24)27-28-21(14)15(9-13)11-29(12-19(25)26)22(30)31-4-2/h1,5-7,10,13,15,19H,4,8-9,11-12H2,2H3. The maximum absolute atomic E-state index is 14.2. The molecule has 31 heavy (non-hydrogen) atoms. The summed E-state index contributed by atoms with van der Waals surface area (Å²) in [4.78, 5) is 13.1. The van der Waals surface area contributed by atoms with Gasteiger partial charge in [-0.3, -0.25) is 0 Å². The fourth-order valence-corrected chi connectivity index (χ4v) is 3.77. The van der Waals surface area contributed by atoms with Crippen molar-refractivity contribution in [3.05, 3.63) is 47.2 Å². The molecule has 0 saturated carbocycles. The first-order valence-corrected chi connectivity index (χ1v) is 9.80. The van der Waals surface area contributed by atoms with E-state index in [2.05, 4.69) is 16.1 Å². The molecule has 0 saturated heterocycles. The monoisotopic (exact) mass is 435 g/mol. The van der Waals surface area contributed by atoms with Gasteiger partial charge in [0.25, 0.3) is 6.43 Å². The Hall–Kier alpha value is -3.15. The molecule has 5 nitrogen and oxygen atoms in total. The first-order chi connectivity index (χ1) is 14.8. The molecule has 1 aliphatic carbocycles. The first-order valence-electron chi connectivity index (χ1n) is 9.80. The molecule has 0 radical (unpaired) electrons. The van der Waals surface area contributed by atoms with Crippen molar-refractivity contribution in [1.82, 2.24) is 15.1 Å². The van der Waals surface area contributed by atoms with Crippen molar-refractivity contribution < 1.29 is 27.1 Å². The number of terminal acetylenes is 1. The molecule has 0 bridgehead atoms. The molecule has 1 heterocycles. The number of fused-ring (bicyclic) bond motifs is 1. The molecular weight excluding hydrogens is 414 g/mol. The summed E-state index contributed by atoms with van der Waals surface area (Å²) in [5.74, 6) is 0.365. The van der Waals surface area contributed by atoms with Crippen LogP contribution in [0.1, 0.15) is 30.5 Å². The highest BCUT2D eigenvalue weighted by molar-refractivity contribution is 5.68. The van der Waals surface area contributed by atoms with Crippen LogP contribution in [0.25, 0.3) is 11.3 Å². The third kappa shape index (κ3) is 5.13. The van der Waals surface area contributed by atoms with Gasteiger partial charge in [-0.1, -0.05) is 6.07 Å². The number of nitrogens with zero attached hydrogens (tertiary/aromatic N) is 3. The first kappa shape index (κ1) is 22.5. The van der Waals surface area contributed by atoms with Crippen molar-refractivity contribution in [2.75, 3.05) is 19.7 Å². The average molecular weight is 435 g/mol. The molecular formula is C22H21F4N3O2. The lowest BCUT2D eigenvalue weighted by atomic mass is 9.79. The van der Waals surface area contributed by atoms with Gasteiger partial charge in [-0.05, 0) is 43.5 Å². The van der Waals surface area contributed by atoms with E-state index in [1.54, 1.807) is 6.92 Å². The molecule has 3 rings (SSSR count). The molecule has 1 aromatic carbocycles. The number of ether oxygens (including phenoxy) is 1. The summed E-state index contributed by atoms with van der Waals surface area (Å²) in [6.07, 6.45) is 2.81. The predicted molar refractivity (Wildman–Crippen MR) is 105 cm³/mol. The van der Waals surface area contributed by atoms with Gasteiger partial charge in [-0.15, -0.1) is 12.3 Å². The van der Waals surface area contributed by atoms with Gasteiger partial charge in [-0.2, -0.15) is 10.2 Å². The van der Waals surface area contributed by atoms with Gasteiger partial charge in [0, 0.05) is 18.4 Å². The van der Waals surface area contributed by atoms with Crippen molar-refractivity contribution >= 4 is 6.09 Å². The minimum absolute atomic E-state index is 0.0144. The van der Waals surface area contributed by atoms with E-state index in [4.69, 9.17) is 11.2 Å². The zero-order chi connectivity index (χ0) is 22.5. The van der Waals surface area contributed by atoms with Crippen LogP contribution < -0.4 is 0 Å². The van der Waals surface area contributed by atoms with Gasteiger partial charge in [0.1, 0.15) is 11.6 Å². The summed E-state index contributed by atoms with van der Waals surface area (Å²) in [6, 6.07) is 5.00. The summed E-state index contributed by atoms with van der Waals surface area (Å²) >= 11 is 0. The van der Waals surface area contributed by atoms with Gasteiger partial charge in [0.15, 0.2) is 0 Å². The van der Waals surface area contributed by atoms with Crippen LogP contribution in [0.3, 0.4) is 0 Å². The quantitative estimate of drug-likeness (QED) is 0.498. The molecule has 0 spiro atoms. The number of carbonyl (C=O) groups is 1. The molecule has 9 heteroatoms. The van der Waals surface area contributed by atoms with Gasteiger partial charge in [0.2, 0.25) is 0 Å². The van der Waals surface area contributed by atoms with E-state index >= 15 is 0 Å². The number of rotatable bonds is 6. The molecule has 1 amide bonds. The minimum atomic E-state index is -2.74. The van der Waals surface area contributed by atoms with Crippen LogP contribution in [0.15, 0.2) is 24.3 Å². The highest BCUT2D eigenvalue weighted by Crippen LogP contribution is 2.36. The maximum Gasteiger partial charge on any atom is 0.409 e. The summed E-state index contributed by atoms with van der Waals surface area (Å²) in [5.41, 5.74) is 0.798. The van der Waals surface area contributed by atoms with Crippen molar-refractivity contribution in [1.29, 1.82) is 0 Å². The van der Waals surface area contributed by atoms with E-state index < -0.39 is 36.6 Å². The van der Waals surface area contributed by atoms with Crippen molar-refractivity contribution in [2.24, 2.45) is 5.92 Å². The van der Waals surface area contributed by atoms with E-state index in [0.717, 1.165) is 17.0 Å². The second-order valence-electron chi connectivity index (χ2n) is 7.23. The fraction of sp³-hybridized carbons (Fsp3) is 0.409. The SMILES string of the molecule is C#CC1Cc2cc(-c3c(F)cccc3F)nnc2C(CN(CC(F)F)C(=O)OCC)C1. The molecule has 0 N–H and O–H groups in total. The van der Waals surface area contributed by atoms with Crippen LogP contribution in [-0.2, 0) is 11.2 Å². The summed E-state index contributed by atoms with van der Waals surface area (Å²) in [6.45, 7) is 0.746. The molecule has 0 fully saturated rings. The van der Waals surface area contributed by atoms with Crippen LogP contribution in [0.5, 0.6) is 0 Å². The molecule has 1 aromatic heterocycles. The van der Waals surface area contributed by atoms with Crippen LogP contribution in [0.4, 0.5) is 22.4 Å². The average Bonchev–Trinajstić information content (AvgIpc) is 2.72. The summed E-state index contributed by atoms with van der Waals surface area (Å²) in [7, 11) is 0. The Bertz CT molecular complexity index is 973. The molecule has 0 aliphatic heterocycles. The number of aromatic nitrogens is 2. The third-order valence-electron chi connectivity index (χ3n) is 5.11. The normalized spacial score (nSPS) is 17.7. The maximum atomic E-state index is 14.2. The van der Waals surface area contributed by atoms with Crippen molar-refractivity contribution in [2.45, 2.75) is 32.1 Å². The van der Waals surface area contributed by atoms with Crippen LogP contribution in [0.2, 0.25) is 0 Å². The lowest BCUT2D eigenvalue weighted by Gasteiger charge is -2.32. The Morgan fingerprint density at radius 1 is 1.32 bits per heavy atom.